The van der Waals surface area contributed by atoms with Gasteiger partial charge in [-0.3, -0.25) is 0 Å². The highest BCUT2D eigenvalue weighted by Crippen LogP contribution is 2.52. The predicted molar refractivity (Wildman–Crippen MR) is 43.0 cm³/mol. The SMILES string of the molecule is COC(=O)/C=C\C1CC1(C)C. The summed E-state index contributed by atoms with van der Waals surface area (Å²) < 4.78 is 4.47. The lowest BCUT2D eigenvalue weighted by atomic mass is 10.1. The van der Waals surface area contributed by atoms with Crippen LogP contribution in [0.4, 0.5) is 0 Å². The Balaban J connectivity index is 2.33. The Labute approximate surface area is 67.2 Å². The zero-order chi connectivity index (χ0) is 8.48. The van der Waals surface area contributed by atoms with Gasteiger partial charge in [-0.25, -0.2) is 4.79 Å². The number of ether oxygens (including phenoxy) is 1. The minimum Gasteiger partial charge on any atom is -0.466 e. The lowest BCUT2D eigenvalue weighted by molar-refractivity contribution is -0.134. The quantitative estimate of drug-likeness (QED) is 0.447. The van der Waals surface area contributed by atoms with E-state index in [1.807, 2.05) is 6.08 Å². The molecule has 1 atom stereocenters. The topological polar surface area (TPSA) is 26.3 Å². The highest BCUT2D eigenvalue weighted by atomic mass is 16.5. The third-order valence-corrected chi connectivity index (χ3v) is 2.26. The van der Waals surface area contributed by atoms with Crippen molar-refractivity contribution in [1.29, 1.82) is 0 Å². The number of hydrogen-bond donors (Lipinski definition) is 0. The molecule has 0 aromatic carbocycles. The Bertz CT molecular complexity index is 192. The van der Waals surface area contributed by atoms with E-state index in [1.165, 1.54) is 19.6 Å². The minimum atomic E-state index is -0.257. The molecular formula is C9H14O2. The van der Waals surface area contributed by atoms with Crippen LogP contribution < -0.4 is 0 Å². The van der Waals surface area contributed by atoms with Crippen LogP contribution in [0.3, 0.4) is 0 Å². The molecule has 0 amide bonds. The van der Waals surface area contributed by atoms with Crippen LogP contribution in [-0.4, -0.2) is 13.1 Å². The van der Waals surface area contributed by atoms with Crippen LogP contribution in [0.15, 0.2) is 12.2 Å². The zero-order valence-electron chi connectivity index (χ0n) is 7.26. The van der Waals surface area contributed by atoms with Gasteiger partial charge in [0.05, 0.1) is 7.11 Å². The van der Waals surface area contributed by atoms with Crippen molar-refractivity contribution in [3.63, 3.8) is 0 Å². The van der Waals surface area contributed by atoms with Crippen molar-refractivity contribution in [3.05, 3.63) is 12.2 Å². The summed E-state index contributed by atoms with van der Waals surface area (Å²) in [6.07, 6.45) is 4.63. The number of carbonyl (C=O) groups excluding carboxylic acids is 1. The van der Waals surface area contributed by atoms with Crippen LogP contribution >= 0.6 is 0 Å². The summed E-state index contributed by atoms with van der Waals surface area (Å²) in [5.74, 6) is 0.314. The molecule has 0 radical (unpaired) electrons. The van der Waals surface area contributed by atoms with E-state index in [0.29, 0.717) is 11.3 Å². The fourth-order valence-corrected chi connectivity index (χ4v) is 1.10. The van der Waals surface area contributed by atoms with Crippen molar-refractivity contribution >= 4 is 5.97 Å². The van der Waals surface area contributed by atoms with Gasteiger partial charge in [-0.2, -0.15) is 0 Å². The summed E-state index contributed by atoms with van der Waals surface area (Å²) in [4.78, 5) is 10.6. The molecule has 0 saturated heterocycles. The fraction of sp³-hybridized carbons (Fsp3) is 0.667. The molecule has 1 unspecified atom stereocenters. The van der Waals surface area contributed by atoms with E-state index in [-0.39, 0.29) is 5.97 Å². The van der Waals surface area contributed by atoms with Crippen molar-refractivity contribution in [2.24, 2.45) is 11.3 Å². The maximum atomic E-state index is 10.6. The molecule has 2 heteroatoms. The molecule has 11 heavy (non-hydrogen) atoms. The number of hydrogen-bond acceptors (Lipinski definition) is 2. The summed E-state index contributed by atoms with van der Waals surface area (Å²) in [5, 5.41) is 0. The van der Waals surface area contributed by atoms with Gasteiger partial charge in [0.25, 0.3) is 0 Å². The van der Waals surface area contributed by atoms with Crippen LogP contribution in [0.2, 0.25) is 0 Å². The zero-order valence-corrected chi connectivity index (χ0v) is 7.26. The third-order valence-electron chi connectivity index (χ3n) is 2.26. The smallest absolute Gasteiger partial charge is 0.330 e. The van der Waals surface area contributed by atoms with Gasteiger partial charge in [-0.05, 0) is 17.8 Å². The van der Waals surface area contributed by atoms with Crippen LogP contribution in [0, 0.1) is 11.3 Å². The van der Waals surface area contributed by atoms with E-state index in [9.17, 15) is 4.79 Å². The van der Waals surface area contributed by atoms with Gasteiger partial charge >= 0.3 is 5.97 Å². The molecule has 1 aliphatic carbocycles. The lowest BCUT2D eigenvalue weighted by Gasteiger charge is -1.95. The van der Waals surface area contributed by atoms with Crippen LogP contribution in [-0.2, 0) is 9.53 Å². The van der Waals surface area contributed by atoms with E-state index in [2.05, 4.69) is 18.6 Å². The average molecular weight is 154 g/mol. The van der Waals surface area contributed by atoms with E-state index in [0.717, 1.165) is 0 Å². The average Bonchev–Trinajstić information content (AvgIpc) is 2.54. The van der Waals surface area contributed by atoms with Crippen molar-refractivity contribution < 1.29 is 9.53 Å². The molecule has 1 rings (SSSR count). The van der Waals surface area contributed by atoms with Crippen molar-refractivity contribution in [1.82, 2.24) is 0 Å². The molecule has 1 fully saturated rings. The second kappa shape index (κ2) is 2.68. The fourth-order valence-electron chi connectivity index (χ4n) is 1.10. The van der Waals surface area contributed by atoms with Crippen molar-refractivity contribution in [2.75, 3.05) is 7.11 Å². The van der Waals surface area contributed by atoms with E-state index < -0.39 is 0 Å². The molecule has 0 aromatic heterocycles. The predicted octanol–water partition coefficient (Wildman–Crippen LogP) is 1.76. The normalized spacial score (nSPS) is 27.0. The molecular weight excluding hydrogens is 140 g/mol. The number of allylic oxidation sites excluding steroid dienone is 1. The molecule has 62 valence electrons. The summed E-state index contributed by atoms with van der Waals surface area (Å²) in [6.45, 7) is 4.39. The highest BCUT2D eigenvalue weighted by Gasteiger charge is 2.43. The molecule has 2 nitrogen and oxygen atoms in total. The Hall–Kier alpha value is -0.790. The van der Waals surface area contributed by atoms with Crippen molar-refractivity contribution in [3.8, 4) is 0 Å². The van der Waals surface area contributed by atoms with Gasteiger partial charge in [0.2, 0.25) is 0 Å². The Morgan fingerprint density at radius 1 is 1.64 bits per heavy atom. The Morgan fingerprint density at radius 2 is 2.18 bits per heavy atom. The van der Waals surface area contributed by atoms with Crippen LogP contribution in [0.1, 0.15) is 20.3 Å². The molecule has 0 N–H and O–H groups in total. The molecule has 1 saturated carbocycles. The number of carbonyl (C=O) groups is 1. The maximum absolute atomic E-state index is 10.6. The Morgan fingerprint density at radius 3 is 2.55 bits per heavy atom. The minimum absolute atomic E-state index is 0.257. The third kappa shape index (κ3) is 2.07. The standard InChI is InChI=1S/C9H14O2/c1-9(2)6-7(9)4-5-8(10)11-3/h4-5,7H,6H2,1-3H3/b5-4-. The molecule has 0 heterocycles. The van der Waals surface area contributed by atoms with Crippen LogP contribution in [0.5, 0.6) is 0 Å². The van der Waals surface area contributed by atoms with Crippen LogP contribution in [0.25, 0.3) is 0 Å². The van der Waals surface area contributed by atoms with E-state index in [4.69, 9.17) is 0 Å². The number of methoxy groups -OCH3 is 1. The van der Waals surface area contributed by atoms with Gasteiger partial charge in [0, 0.05) is 6.08 Å². The van der Waals surface area contributed by atoms with Gasteiger partial charge in [0.15, 0.2) is 0 Å². The number of rotatable bonds is 2. The first kappa shape index (κ1) is 8.31. The van der Waals surface area contributed by atoms with Crippen molar-refractivity contribution in [2.45, 2.75) is 20.3 Å². The van der Waals surface area contributed by atoms with Gasteiger partial charge in [0.1, 0.15) is 0 Å². The number of esters is 1. The summed E-state index contributed by atoms with van der Waals surface area (Å²) in [5.41, 5.74) is 0.407. The van der Waals surface area contributed by atoms with E-state index in [1.54, 1.807) is 0 Å². The second-order valence-corrected chi connectivity index (χ2v) is 3.68. The second-order valence-electron chi connectivity index (χ2n) is 3.68. The Kier molecular flexibility index (Phi) is 2.03. The van der Waals surface area contributed by atoms with E-state index >= 15 is 0 Å². The first-order valence-electron chi connectivity index (χ1n) is 3.82. The molecule has 0 aliphatic heterocycles. The highest BCUT2D eigenvalue weighted by molar-refractivity contribution is 5.81. The van der Waals surface area contributed by atoms with Gasteiger partial charge < -0.3 is 4.74 Å². The first-order valence-corrected chi connectivity index (χ1v) is 3.82. The summed E-state index contributed by atoms with van der Waals surface area (Å²) in [7, 11) is 1.39. The van der Waals surface area contributed by atoms with Gasteiger partial charge in [-0.1, -0.05) is 19.9 Å². The monoisotopic (exact) mass is 154 g/mol. The first-order chi connectivity index (χ1) is 5.06. The summed E-state index contributed by atoms with van der Waals surface area (Å²) in [6, 6.07) is 0. The molecule has 1 aliphatic rings. The summed E-state index contributed by atoms with van der Waals surface area (Å²) >= 11 is 0. The molecule has 0 spiro atoms. The molecule has 0 aromatic rings. The maximum Gasteiger partial charge on any atom is 0.330 e. The lowest BCUT2D eigenvalue weighted by Crippen LogP contribution is -1.94. The largest absolute Gasteiger partial charge is 0.466 e. The molecule has 0 bridgehead atoms. The van der Waals surface area contributed by atoms with Gasteiger partial charge in [-0.15, -0.1) is 0 Å².